The number of carbonyl (C=O) groups excluding carboxylic acids is 1. The van der Waals surface area contributed by atoms with Crippen molar-refractivity contribution in [2.24, 2.45) is 0 Å². The molecule has 0 N–H and O–H groups in total. The van der Waals surface area contributed by atoms with Gasteiger partial charge in [-0.1, -0.05) is 12.1 Å². The Morgan fingerprint density at radius 3 is 2.80 bits per heavy atom. The molecule has 0 aliphatic heterocycles. The Hall–Kier alpha value is -1.98. The van der Waals surface area contributed by atoms with Gasteiger partial charge in [0.25, 0.3) is 5.69 Å². The van der Waals surface area contributed by atoms with Gasteiger partial charge in [0.15, 0.2) is 0 Å². The van der Waals surface area contributed by atoms with E-state index in [-0.39, 0.29) is 31.6 Å². The van der Waals surface area contributed by atoms with Crippen molar-refractivity contribution >= 4 is 11.7 Å². The third kappa shape index (κ3) is 2.79. The van der Waals surface area contributed by atoms with Gasteiger partial charge in [0, 0.05) is 17.5 Å². The van der Waals surface area contributed by atoms with Crippen LogP contribution >= 0.6 is 0 Å². The molecule has 0 amide bonds. The van der Waals surface area contributed by atoms with E-state index in [2.05, 4.69) is 0 Å². The Bertz CT molecular complexity index is 526. The molecule has 0 saturated heterocycles. The van der Waals surface area contributed by atoms with Crippen molar-refractivity contribution in [3.05, 3.63) is 39.9 Å². The first-order valence-electron chi connectivity index (χ1n) is 6.51. The van der Waals surface area contributed by atoms with E-state index in [4.69, 9.17) is 4.74 Å². The Morgan fingerprint density at radius 1 is 1.55 bits per heavy atom. The van der Waals surface area contributed by atoms with Crippen LogP contribution in [0.15, 0.2) is 24.3 Å². The number of nitrogens with zero attached hydrogens (tertiary/aromatic N) is 1. The van der Waals surface area contributed by atoms with Crippen LogP contribution in [0.4, 0.5) is 10.1 Å². The highest BCUT2D eigenvalue weighted by Gasteiger charge is 2.48. The zero-order chi connectivity index (χ0) is 14.8. The molecule has 5 nitrogen and oxygen atoms in total. The second-order valence-corrected chi connectivity index (χ2v) is 5.08. The second kappa shape index (κ2) is 5.56. The molecule has 1 aliphatic carbocycles. The fourth-order valence-electron chi connectivity index (χ4n) is 2.71. The minimum Gasteiger partial charge on any atom is -0.466 e. The van der Waals surface area contributed by atoms with Crippen molar-refractivity contribution in [1.82, 2.24) is 0 Å². The number of nitro benzene ring substituents is 1. The van der Waals surface area contributed by atoms with Crippen molar-refractivity contribution in [3.63, 3.8) is 0 Å². The highest BCUT2D eigenvalue weighted by Crippen LogP contribution is 2.48. The van der Waals surface area contributed by atoms with Crippen LogP contribution in [0.3, 0.4) is 0 Å². The number of carbonyl (C=O) groups is 1. The number of non-ortho nitro benzene ring substituents is 1. The first kappa shape index (κ1) is 14.4. The molecule has 0 aromatic heterocycles. The molecule has 6 heteroatoms. The van der Waals surface area contributed by atoms with Gasteiger partial charge in [-0.15, -0.1) is 0 Å². The van der Waals surface area contributed by atoms with Crippen molar-refractivity contribution in [2.75, 3.05) is 6.61 Å². The summed E-state index contributed by atoms with van der Waals surface area (Å²) in [7, 11) is 0. The molecule has 20 heavy (non-hydrogen) atoms. The maximum atomic E-state index is 13.3. The summed E-state index contributed by atoms with van der Waals surface area (Å²) < 4.78 is 18.2. The molecule has 1 aromatic carbocycles. The predicted molar refractivity (Wildman–Crippen MR) is 70.2 cm³/mol. The monoisotopic (exact) mass is 281 g/mol. The maximum absolute atomic E-state index is 13.3. The van der Waals surface area contributed by atoms with Gasteiger partial charge in [0.05, 0.1) is 18.0 Å². The van der Waals surface area contributed by atoms with Gasteiger partial charge in [0.2, 0.25) is 0 Å². The zero-order valence-electron chi connectivity index (χ0n) is 11.2. The molecule has 0 bridgehead atoms. The van der Waals surface area contributed by atoms with Crippen LogP contribution in [0.2, 0.25) is 0 Å². The third-order valence-corrected chi connectivity index (χ3v) is 3.68. The van der Waals surface area contributed by atoms with Gasteiger partial charge in [-0.25, -0.2) is 4.39 Å². The lowest BCUT2D eigenvalue weighted by atomic mass is 9.61. The van der Waals surface area contributed by atoms with Gasteiger partial charge in [-0.2, -0.15) is 0 Å². The van der Waals surface area contributed by atoms with Gasteiger partial charge in [-0.3, -0.25) is 14.9 Å². The molecule has 1 fully saturated rings. The number of ether oxygens (including phenoxy) is 1. The summed E-state index contributed by atoms with van der Waals surface area (Å²) in [5.74, 6) is -0.397. The molecule has 1 aliphatic rings. The topological polar surface area (TPSA) is 69.4 Å². The van der Waals surface area contributed by atoms with E-state index in [0.717, 1.165) is 0 Å². The molecular weight excluding hydrogens is 265 g/mol. The Labute approximate surface area is 115 Å². The molecule has 0 radical (unpaired) electrons. The van der Waals surface area contributed by atoms with Crippen molar-refractivity contribution in [3.8, 4) is 0 Å². The van der Waals surface area contributed by atoms with Gasteiger partial charge < -0.3 is 4.74 Å². The van der Waals surface area contributed by atoms with Crippen LogP contribution in [0, 0.1) is 10.1 Å². The van der Waals surface area contributed by atoms with Crippen LogP contribution in [-0.2, 0) is 14.9 Å². The Morgan fingerprint density at radius 2 is 2.25 bits per heavy atom. The summed E-state index contributed by atoms with van der Waals surface area (Å²) in [6.07, 6.45) is -0.508. The molecule has 0 atom stereocenters. The number of hydrogen-bond donors (Lipinski definition) is 0. The lowest BCUT2D eigenvalue weighted by Crippen LogP contribution is -2.44. The highest BCUT2D eigenvalue weighted by atomic mass is 19.1. The summed E-state index contributed by atoms with van der Waals surface area (Å²) in [6, 6.07) is 6.07. The average Bonchev–Trinajstić information content (AvgIpc) is 2.37. The number of rotatable bonds is 5. The fourth-order valence-corrected chi connectivity index (χ4v) is 2.71. The summed E-state index contributed by atoms with van der Waals surface area (Å²) >= 11 is 0. The number of benzene rings is 1. The van der Waals surface area contributed by atoms with Crippen LogP contribution in [0.5, 0.6) is 0 Å². The number of hydrogen-bond acceptors (Lipinski definition) is 4. The van der Waals surface area contributed by atoms with Gasteiger partial charge >= 0.3 is 5.97 Å². The SMILES string of the molecule is CCOC(=O)CC1(c2cccc([N+](=O)[O-])c2)CC(F)C1. The first-order chi connectivity index (χ1) is 9.47. The van der Waals surface area contributed by atoms with Crippen LogP contribution in [0.1, 0.15) is 31.7 Å². The molecule has 2 rings (SSSR count). The molecule has 1 aromatic rings. The fraction of sp³-hybridized carbons (Fsp3) is 0.500. The van der Waals surface area contributed by atoms with Crippen LogP contribution in [0.25, 0.3) is 0 Å². The largest absolute Gasteiger partial charge is 0.466 e. The number of nitro groups is 1. The van der Waals surface area contributed by atoms with Gasteiger partial charge in [0.1, 0.15) is 6.17 Å². The smallest absolute Gasteiger partial charge is 0.306 e. The molecular formula is C14H16FNO4. The van der Waals surface area contributed by atoms with Crippen molar-refractivity contribution < 1.29 is 18.8 Å². The quantitative estimate of drug-likeness (QED) is 0.472. The second-order valence-electron chi connectivity index (χ2n) is 5.08. The van der Waals surface area contributed by atoms with Crippen molar-refractivity contribution in [2.45, 2.75) is 37.8 Å². The first-order valence-corrected chi connectivity index (χ1v) is 6.51. The van der Waals surface area contributed by atoms with E-state index in [1.807, 2.05) is 0 Å². The van der Waals surface area contributed by atoms with Gasteiger partial charge in [-0.05, 0) is 25.3 Å². The number of halogens is 1. The lowest BCUT2D eigenvalue weighted by molar-refractivity contribution is -0.385. The molecule has 0 unspecified atom stereocenters. The predicted octanol–water partition coefficient (Wildman–Crippen LogP) is 2.92. The maximum Gasteiger partial charge on any atom is 0.306 e. The summed E-state index contributed by atoms with van der Waals surface area (Å²) in [4.78, 5) is 22.0. The third-order valence-electron chi connectivity index (χ3n) is 3.68. The van der Waals surface area contributed by atoms with E-state index < -0.39 is 22.5 Å². The van der Waals surface area contributed by atoms with E-state index in [1.165, 1.54) is 12.1 Å². The normalized spacial score (nSPS) is 24.8. The minimum absolute atomic E-state index is 0.0481. The van der Waals surface area contributed by atoms with Crippen LogP contribution in [-0.4, -0.2) is 23.7 Å². The molecule has 0 spiro atoms. The number of esters is 1. The summed E-state index contributed by atoms with van der Waals surface area (Å²) in [6.45, 7) is 1.97. The average molecular weight is 281 g/mol. The van der Waals surface area contributed by atoms with E-state index in [1.54, 1.807) is 19.1 Å². The Balaban J connectivity index is 2.26. The Kier molecular flexibility index (Phi) is 4.01. The molecule has 0 heterocycles. The van der Waals surface area contributed by atoms with E-state index in [0.29, 0.717) is 5.56 Å². The van der Waals surface area contributed by atoms with Crippen LogP contribution < -0.4 is 0 Å². The summed E-state index contributed by atoms with van der Waals surface area (Å²) in [5.41, 5.74) is -0.0841. The molecule has 1 saturated carbocycles. The zero-order valence-corrected chi connectivity index (χ0v) is 11.2. The standard InChI is InChI=1S/C14H16FNO4/c1-2-20-13(17)9-14(7-11(15)8-14)10-4-3-5-12(6-10)16(18)19/h3-6,11H,2,7-9H2,1H3. The van der Waals surface area contributed by atoms with Crippen molar-refractivity contribution in [1.29, 1.82) is 0 Å². The van der Waals surface area contributed by atoms with E-state index >= 15 is 0 Å². The summed E-state index contributed by atoms with van der Waals surface area (Å²) in [5, 5.41) is 10.8. The lowest BCUT2D eigenvalue weighted by Gasteiger charge is -2.44. The molecule has 108 valence electrons. The highest BCUT2D eigenvalue weighted by molar-refractivity contribution is 5.72. The minimum atomic E-state index is -0.969. The van der Waals surface area contributed by atoms with E-state index in [9.17, 15) is 19.3 Å². The number of alkyl halides is 1.